The summed E-state index contributed by atoms with van der Waals surface area (Å²) >= 11 is 7.26. The number of aliphatic imine (C=N–C) groups is 1. The van der Waals surface area contributed by atoms with Gasteiger partial charge in [0.25, 0.3) is 5.91 Å². The van der Waals surface area contributed by atoms with Crippen molar-refractivity contribution in [1.82, 2.24) is 0 Å². The van der Waals surface area contributed by atoms with E-state index in [4.69, 9.17) is 21.4 Å². The van der Waals surface area contributed by atoms with Gasteiger partial charge in [0.15, 0.2) is 15.0 Å². The van der Waals surface area contributed by atoms with E-state index in [1.54, 1.807) is 29.2 Å². The molecule has 8 nitrogen and oxygen atoms in total. The summed E-state index contributed by atoms with van der Waals surface area (Å²) in [4.78, 5) is 28.1. The summed E-state index contributed by atoms with van der Waals surface area (Å²) in [7, 11) is -3.16. The Balaban J connectivity index is 1.85. The molecule has 0 aromatic heterocycles. The standard InChI is InChI=1S/C15H15ClN2O6S2/c16-9-2-1-3-10(4-9)18-11-7-26(22,23)8-12(11)25-15(18)17-13(19)5-24-6-14(20)21/h1-4,11-12H,5-8H2,(H,20,21)/t11-,12+/m0/s1. The largest absolute Gasteiger partial charge is 0.480 e. The van der Waals surface area contributed by atoms with Crippen LogP contribution in [-0.2, 0) is 24.2 Å². The Labute approximate surface area is 159 Å². The molecule has 0 unspecified atom stereocenters. The molecule has 2 saturated heterocycles. The fraction of sp³-hybridized carbons (Fsp3) is 0.400. The van der Waals surface area contributed by atoms with Crippen LogP contribution >= 0.6 is 23.4 Å². The predicted octanol–water partition coefficient (Wildman–Crippen LogP) is 1.04. The number of halogens is 1. The van der Waals surface area contributed by atoms with Gasteiger partial charge in [-0.25, -0.2) is 13.2 Å². The van der Waals surface area contributed by atoms with E-state index in [1.807, 2.05) is 0 Å². The number of ether oxygens (including phenoxy) is 1. The third-order valence-corrected chi connectivity index (χ3v) is 7.27. The number of benzene rings is 1. The maximum atomic E-state index is 12.0. The number of rotatable bonds is 5. The molecule has 0 spiro atoms. The van der Waals surface area contributed by atoms with Gasteiger partial charge in [-0.3, -0.25) is 4.79 Å². The SMILES string of the molecule is O=C(O)COCC(=O)N=C1S[C@@H]2CS(=O)(=O)C[C@@H]2N1c1cccc(Cl)c1. The topological polar surface area (TPSA) is 113 Å². The van der Waals surface area contributed by atoms with Crippen LogP contribution in [0.15, 0.2) is 29.3 Å². The van der Waals surface area contributed by atoms with Crippen LogP contribution in [0.4, 0.5) is 5.69 Å². The Hall–Kier alpha value is -1.62. The summed E-state index contributed by atoms with van der Waals surface area (Å²) in [6.45, 7) is -1.06. The molecular formula is C15H15ClN2O6S2. The van der Waals surface area contributed by atoms with Gasteiger partial charge in [0.05, 0.1) is 17.5 Å². The van der Waals surface area contributed by atoms with Crippen LogP contribution in [0.25, 0.3) is 0 Å². The van der Waals surface area contributed by atoms with Gasteiger partial charge in [-0.15, -0.1) is 0 Å². The van der Waals surface area contributed by atoms with E-state index >= 15 is 0 Å². The minimum atomic E-state index is -3.16. The molecule has 0 bridgehead atoms. The van der Waals surface area contributed by atoms with E-state index < -0.39 is 34.9 Å². The van der Waals surface area contributed by atoms with E-state index in [-0.39, 0.29) is 22.8 Å². The Morgan fingerprint density at radius 3 is 2.81 bits per heavy atom. The number of carbonyl (C=O) groups excluding carboxylic acids is 1. The van der Waals surface area contributed by atoms with Crippen LogP contribution in [0, 0.1) is 0 Å². The average Bonchev–Trinajstić information content (AvgIpc) is 2.97. The third kappa shape index (κ3) is 4.37. The molecule has 2 fully saturated rings. The summed E-state index contributed by atoms with van der Waals surface area (Å²) in [5, 5.41) is 9.14. The fourth-order valence-electron chi connectivity index (χ4n) is 2.86. The van der Waals surface area contributed by atoms with Crippen LogP contribution in [0.5, 0.6) is 0 Å². The second-order valence-electron chi connectivity index (χ2n) is 5.83. The van der Waals surface area contributed by atoms with Crippen LogP contribution < -0.4 is 4.90 Å². The Morgan fingerprint density at radius 1 is 1.35 bits per heavy atom. The molecule has 1 N–H and O–H groups in total. The van der Waals surface area contributed by atoms with Gasteiger partial charge in [-0.05, 0) is 18.2 Å². The number of carboxylic acids is 1. The molecule has 1 aromatic rings. The van der Waals surface area contributed by atoms with Crippen LogP contribution in [-0.4, -0.2) is 66.6 Å². The number of thioether (sulfide) groups is 1. The second-order valence-corrected chi connectivity index (χ2v) is 9.62. The molecule has 3 rings (SSSR count). The fourth-order valence-corrected chi connectivity index (χ4v) is 6.97. The van der Waals surface area contributed by atoms with Crippen LogP contribution in [0.1, 0.15) is 0 Å². The Bertz CT molecular complexity index is 873. The number of fused-ring (bicyclic) bond motifs is 1. The molecule has 2 aliphatic heterocycles. The van der Waals surface area contributed by atoms with Crippen molar-refractivity contribution in [3.05, 3.63) is 29.3 Å². The highest BCUT2D eigenvalue weighted by Gasteiger charge is 2.49. The van der Waals surface area contributed by atoms with Gasteiger partial charge in [0.2, 0.25) is 0 Å². The molecular weight excluding hydrogens is 404 g/mol. The number of amidine groups is 1. The number of carboxylic acid groups (broad SMARTS) is 1. The highest BCUT2D eigenvalue weighted by Crippen LogP contribution is 2.41. The lowest BCUT2D eigenvalue weighted by Crippen LogP contribution is -2.37. The summed E-state index contributed by atoms with van der Waals surface area (Å²) < 4.78 is 28.7. The number of sulfone groups is 1. The summed E-state index contributed by atoms with van der Waals surface area (Å²) in [5.74, 6) is -1.83. The third-order valence-electron chi connectivity index (χ3n) is 3.82. The second kappa shape index (κ2) is 7.55. The molecule has 140 valence electrons. The molecule has 2 aliphatic rings. The van der Waals surface area contributed by atoms with Gasteiger partial charge >= 0.3 is 5.97 Å². The van der Waals surface area contributed by atoms with Crippen molar-refractivity contribution < 1.29 is 27.9 Å². The van der Waals surface area contributed by atoms with Gasteiger partial charge < -0.3 is 14.7 Å². The number of hydrogen-bond donors (Lipinski definition) is 1. The first-order chi connectivity index (χ1) is 12.2. The smallest absolute Gasteiger partial charge is 0.329 e. The predicted molar refractivity (Wildman–Crippen MR) is 98.6 cm³/mol. The molecule has 26 heavy (non-hydrogen) atoms. The maximum Gasteiger partial charge on any atom is 0.329 e. The number of hydrogen-bond acceptors (Lipinski definition) is 6. The lowest BCUT2D eigenvalue weighted by Gasteiger charge is -2.24. The highest BCUT2D eigenvalue weighted by atomic mass is 35.5. The van der Waals surface area contributed by atoms with Crippen molar-refractivity contribution in [2.45, 2.75) is 11.3 Å². The Kier molecular flexibility index (Phi) is 5.56. The number of amides is 1. The normalized spacial score (nSPS) is 25.4. The first kappa shape index (κ1) is 19.2. The first-order valence-corrected chi connectivity index (χ1v) is 10.7. The van der Waals surface area contributed by atoms with Crippen molar-refractivity contribution in [1.29, 1.82) is 0 Å². The quantitative estimate of drug-likeness (QED) is 0.754. The van der Waals surface area contributed by atoms with Crippen molar-refractivity contribution in [2.24, 2.45) is 4.99 Å². The van der Waals surface area contributed by atoms with E-state index in [9.17, 15) is 18.0 Å². The Morgan fingerprint density at radius 2 is 2.12 bits per heavy atom. The van der Waals surface area contributed by atoms with Gasteiger partial charge in [0, 0.05) is 16.0 Å². The first-order valence-electron chi connectivity index (χ1n) is 7.58. The summed E-state index contributed by atoms with van der Waals surface area (Å²) in [5.41, 5.74) is 0.646. The van der Waals surface area contributed by atoms with E-state index in [2.05, 4.69) is 4.99 Å². The maximum absolute atomic E-state index is 12.0. The van der Waals surface area contributed by atoms with E-state index in [1.165, 1.54) is 11.8 Å². The van der Waals surface area contributed by atoms with Gasteiger partial charge in [-0.1, -0.05) is 29.4 Å². The summed E-state index contributed by atoms with van der Waals surface area (Å²) in [6, 6.07) is 6.53. The molecule has 0 aliphatic carbocycles. The highest BCUT2D eigenvalue weighted by molar-refractivity contribution is 8.16. The van der Waals surface area contributed by atoms with Crippen molar-refractivity contribution in [3.8, 4) is 0 Å². The molecule has 0 radical (unpaired) electrons. The number of aliphatic carboxylic acids is 1. The van der Waals surface area contributed by atoms with Crippen molar-refractivity contribution in [2.75, 3.05) is 29.6 Å². The number of anilines is 1. The van der Waals surface area contributed by atoms with Crippen molar-refractivity contribution in [3.63, 3.8) is 0 Å². The lowest BCUT2D eigenvalue weighted by molar-refractivity contribution is -0.143. The molecule has 1 aromatic carbocycles. The summed E-state index contributed by atoms with van der Waals surface area (Å²) in [6.07, 6.45) is 0. The van der Waals surface area contributed by atoms with Crippen molar-refractivity contribution >= 4 is 55.9 Å². The molecule has 2 heterocycles. The molecule has 0 saturated carbocycles. The van der Waals surface area contributed by atoms with E-state index in [0.29, 0.717) is 15.9 Å². The number of nitrogens with zero attached hydrogens (tertiary/aromatic N) is 2. The zero-order valence-electron chi connectivity index (χ0n) is 13.4. The molecule has 11 heteroatoms. The van der Waals surface area contributed by atoms with Gasteiger partial charge in [0.1, 0.15) is 13.2 Å². The average molecular weight is 419 g/mol. The van der Waals surface area contributed by atoms with Crippen LogP contribution in [0.2, 0.25) is 5.02 Å². The number of carbonyl (C=O) groups is 2. The zero-order valence-corrected chi connectivity index (χ0v) is 15.8. The van der Waals surface area contributed by atoms with E-state index in [0.717, 1.165) is 0 Å². The lowest BCUT2D eigenvalue weighted by atomic mass is 10.2. The molecule has 2 atom stereocenters. The van der Waals surface area contributed by atoms with Gasteiger partial charge in [-0.2, -0.15) is 4.99 Å². The zero-order chi connectivity index (χ0) is 18.9. The minimum Gasteiger partial charge on any atom is -0.480 e. The monoisotopic (exact) mass is 418 g/mol. The van der Waals surface area contributed by atoms with Crippen LogP contribution in [0.3, 0.4) is 0 Å². The molecule has 1 amide bonds. The minimum absolute atomic E-state index is 0.0160.